The Bertz CT molecular complexity index is 1020. The first kappa shape index (κ1) is 27.3. The first-order chi connectivity index (χ1) is 16.7. The van der Waals surface area contributed by atoms with Gasteiger partial charge in [0.1, 0.15) is 5.75 Å². The standard InChI is InChI=1S/C25H31N3O7/c1-4-5-14-34-19-12-10-18(11-13-19)25(31)26-16-23(29)27-21(15-24(30)35-17(2)3)20-8-6-7-9-22(20)28(32)33/h6-13,17,21H,4-5,14-16H2,1-3H3,(H,26,31)(H,27,29). The zero-order valence-electron chi connectivity index (χ0n) is 20.1. The number of hydrogen-bond acceptors (Lipinski definition) is 7. The van der Waals surface area contributed by atoms with E-state index in [1.54, 1.807) is 44.2 Å². The van der Waals surface area contributed by atoms with Crippen molar-refractivity contribution in [2.45, 2.75) is 52.2 Å². The Balaban J connectivity index is 2.03. The topological polar surface area (TPSA) is 137 Å². The molecule has 2 amide bonds. The third-order valence-electron chi connectivity index (χ3n) is 4.87. The maximum absolute atomic E-state index is 12.6. The lowest BCUT2D eigenvalue weighted by Crippen LogP contribution is -2.39. The van der Waals surface area contributed by atoms with E-state index in [0.717, 1.165) is 12.8 Å². The number of rotatable bonds is 13. The van der Waals surface area contributed by atoms with Gasteiger partial charge in [-0.15, -0.1) is 0 Å². The van der Waals surface area contributed by atoms with E-state index < -0.39 is 28.7 Å². The highest BCUT2D eigenvalue weighted by Gasteiger charge is 2.26. The Morgan fingerprint density at radius 2 is 1.74 bits per heavy atom. The van der Waals surface area contributed by atoms with Gasteiger partial charge in [0.15, 0.2) is 0 Å². The monoisotopic (exact) mass is 485 g/mol. The summed E-state index contributed by atoms with van der Waals surface area (Å²) in [5.74, 6) is -1.05. The van der Waals surface area contributed by atoms with E-state index >= 15 is 0 Å². The first-order valence-corrected chi connectivity index (χ1v) is 11.4. The highest BCUT2D eigenvalue weighted by atomic mass is 16.6. The molecule has 2 aromatic rings. The number of carbonyl (C=O) groups excluding carboxylic acids is 3. The van der Waals surface area contributed by atoms with Gasteiger partial charge in [-0.3, -0.25) is 24.5 Å². The molecule has 0 aliphatic rings. The number of benzene rings is 2. The van der Waals surface area contributed by atoms with E-state index in [0.29, 0.717) is 17.9 Å². The van der Waals surface area contributed by atoms with E-state index in [-0.39, 0.29) is 30.3 Å². The van der Waals surface area contributed by atoms with Crippen LogP contribution < -0.4 is 15.4 Å². The first-order valence-electron chi connectivity index (χ1n) is 11.4. The van der Waals surface area contributed by atoms with Crippen molar-refractivity contribution in [3.05, 3.63) is 69.8 Å². The Morgan fingerprint density at radius 1 is 1.06 bits per heavy atom. The van der Waals surface area contributed by atoms with Crippen LogP contribution in [0.2, 0.25) is 0 Å². The van der Waals surface area contributed by atoms with Crippen molar-refractivity contribution >= 4 is 23.5 Å². The average Bonchev–Trinajstić information content (AvgIpc) is 2.82. The number of nitro groups is 1. The fraction of sp³-hybridized carbons (Fsp3) is 0.400. The lowest BCUT2D eigenvalue weighted by atomic mass is 10.0. The van der Waals surface area contributed by atoms with Crippen LogP contribution in [0.25, 0.3) is 0 Å². The Morgan fingerprint density at radius 3 is 2.37 bits per heavy atom. The number of hydrogen-bond donors (Lipinski definition) is 2. The van der Waals surface area contributed by atoms with Crippen molar-refractivity contribution in [1.82, 2.24) is 10.6 Å². The van der Waals surface area contributed by atoms with Crippen LogP contribution in [0, 0.1) is 10.1 Å². The van der Waals surface area contributed by atoms with Gasteiger partial charge in [-0.05, 0) is 44.5 Å². The molecule has 1 atom stereocenters. The summed E-state index contributed by atoms with van der Waals surface area (Å²) in [5, 5.41) is 16.6. The molecule has 188 valence electrons. The highest BCUT2D eigenvalue weighted by Crippen LogP contribution is 2.27. The minimum Gasteiger partial charge on any atom is -0.494 e. The molecule has 2 N–H and O–H groups in total. The molecular weight excluding hydrogens is 454 g/mol. The van der Waals surface area contributed by atoms with E-state index in [9.17, 15) is 24.5 Å². The smallest absolute Gasteiger partial charge is 0.308 e. The summed E-state index contributed by atoms with van der Waals surface area (Å²) in [6.07, 6.45) is 1.26. The van der Waals surface area contributed by atoms with Gasteiger partial charge in [-0.1, -0.05) is 31.5 Å². The fourth-order valence-electron chi connectivity index (χ4n) is 3.21. The largest absolute Gasteiger partial charge is 0.494 e. The van der Waals surface area contributed by atoms with Crippen LogP contribution in [0.4, 0.5) is 5.69 Å². The van der Waals surface area contributed by atoms with Crippen LogP contribution in [0.15, 0.2) is 48.5 Å². The molecule has 0 bridgehead atoms. The van der Waals surface area contributed by atoms with E-state index in [1.165, 1.54) is 18.2 Å². The molecule has 0 fully saturated rings. The zero-order valence-corrected chi connectivity index (χ0v) is 20.1. The third-order valence-corrected chi connectivity index (χ3v) is 4.87. The molecule has 10 heteroatoms. The third kappa shape index (κ3) is 9.07. The summed E-state index contributed by atoms with van der Waals surface area (Å²) in [6, 6.07) is 11.4. The second-order valence-corrected chi connectivity index (χ2v) is 8.09. The molecule has 0 radical (unpaired) electrons. The molecule has 2 rings (SSSR count). The molecule has 0 saturated carbocycles. The zero-order chi connectivity index (χ0) is 25.8. The van der Waals surface area contributed by atoms with Crippen LogP contribution in [0.5, 0.6) is 5.75 Å². The molecule has 10 nitrogen and oxygen atoms in total. The van der Waals surface area contributed by atoms with Crippen LogP contribution in [0.3, 0.4) is 0 Å². The van der Waals surface area contributed by atoms with Gasteiger partial charge in [-0.25, -0.2) is 0 Å². The number of nitrogens with one attached hydrogen (secondary N) is 2. The van der Waals surface area contributed by atoms with Gasteiger partial charge < -0.3 is 20.1 Å². The van der Waals surface area contributed by atoms with Gasteiger partial charge in [0.25, 0.3) is 11.6 Å². The summed E-state index contributed by atoms with van der Waals surface area (Å²) >= 11 is 0. The van der Waals surface area contributed by atoms with Crippen molar-refractivity contribution < 1.29 is 28.8 Å². The predicted octanol–water partition coefficient (Wildman–Crippen LogP) is 3.70. The summed E-state index contributed by atoms with van der Waals surface area (Å²) in [4.78, 5) is 48.1. The number of carbonyl (C=O) groups is 3. The van der Waals surface area contributed by atoms with Crippen molar-refractivity contribution in [3.63, 3.8) is 0 Å². The van der Waals surface area contributed by atoms with Crippen molar-refractivity contribution in [2.24, 2.45) is 0 Å². The van der Waals surface area contributed by atoms with Crippen LogP contribution in [0.1, 0.15) is 62.0 Å². The predicted molar refractivity (Wildman–Crippen MR) is 129 cm³/mol. The highest BCUT2D eigenvalue weighted by molar-refractivity contribution is 5.96. The van der Waals surface area contributed by atoms with E-state index in [4.69, 9.17) is 9.47 Å². The lowest BCUT2D eigenvalue weighted by Gasteiger charge is -2.19. The molecule has 0 aromatic heterocycles. The van der Waals surface area contributed by atoms with Crippen LogP contribution in [-0.4, -0.2) is 42.0 Å². The molecule has 0 heterocycles. The van der Waals surface area contributed by atoms with Crippen molar-refractivity contribution in [2.75, 3.05) is 13.2 Å². The number of amides is 2. The summed E-state index contributed by atoms with van der Waals surface area (Å²) < 4.78 is 10.7. The molecule has 2 aromatic carbocycles. The summed E-state index contributed by atoms with van der Waals surface area (Å²) in [5.41, 5.74) is 0.272. The van der Waals surface area contributed by atoms with Gasteiger partial charge in [0, 0.05) is 11.6 Å². The Hall–Kier alpha value is -3.95. The van der Waals surface area contributed by atoms with E-state index in [1.807, 2.05) is 0 Å². The minimum absolute atomic E-state index is 0.163. The maximum Gasteiger partial charge on any atom is 0.308 e. The molecule has 1 unspecified atom stereocenters. The van der Waals surface area contributed by atoms with Gasteiger partial charge >= 0.3 is 5.97 Å². The lowest BCUT2D eigenvalue weighted by molar-refractivity contribution is -0.385. The normalized spacial score (nSPS) is 11.4. The molecule has 0 aliphatic carbocycles. The second kappa shape index (κ2) is 13.7. The van der Waals surface area contributed by atoms with Gasteiger partial charge in [-0.2, -0.15) is 0 Å². The Labute approximate surface area is 204 Å². The van der Waals surface area contributed by atoms with Crippen molar-refractivity contribution in [1.29, 1.82) is 0 Å². The Kier molecular flexibility index (Phi) is 10.7. The molecule has 35 heavy (non-hydrogen) atoms. The number of nitrogens with zero attached hydrogens (tertiary/aromatic N) is 1. The van der Waals surface area contributed by atoms with Crippen LogP contribution in [-0.2, 0) is 14.3 Å². The van der Waals surface area contributed by atoms with Gasteiger partial charge in [0.2, 0.25) is 5.91 Å². The van der Waals surface area contributed by atoms with Crippen molar-refractivity contribution in [3.8, 4) is 5.75 Å². The number of para-hydroxylation sites is 1. The average molecular weight is 486 g/mol. The fourth-order valence-corrected chi connectivity index (χ4v) is 3.21. The SMILES string of the molecule is CCCCOc1ccc(C(=O)NCC(=O)NC(CC(=O)OC(C)C)c2ccccc2[N+](=O)[O-])cc1. The number of esters is 1. The van der Waals surface area contributed by atoms with E-state index in [2.05, 4.69) is 17.6 Å². The summed E-state index contributed by atoms with van der Waals surface area (Å²) in [6.45, 7) is 5.62. The minimum atomic E-state index is -1.01. The number of ether oxygens (including phenoxy) is 2. The number of nitro benzene ring substituents is 1. The number of unbranched alkanes of at least 4 members (excludes halogenated alkanes) is 1. The van der Waals surface area contributed by atoms with Crippen LogP contribution >= 0.6 is 0 Å². The maximum atomic E-state index is 12.6. The molecular formula is C25H31N3O7. The molecule has 0 aliphatic heterocycles. The second-order valence-electron chi connectivity index (χ2n) is 8.09. The summed E-state index contributed by atoms with van der Waals surface area (Å²) in [7, 11) is 0. The van der Waals surface area contributed by atoms with Gasteiger partial charge in [0.05, 0.1) is 42.2 Å². The quantitative estimate of drug-likeness (QED) is 0.191. The molecule has 0 saturated heterocycles. The molecule has 0 spiro atoms.